The minimum atomic E-state index is -0.267. The minimum absolute atomic E-state index is 0.0438. The second-order valence-electron chi connectivity index (χ2n) is 7.01. The monoisotopic (exact) mass is 379 g/mol. The lowest BCUT2D eigenvalue weighted by Gasteiger charge is -2.33. The number of halogens is 1. The highest BCUT2D eigenvalue weighted by molar-refractivity contribution is 7.98. The van der Waals surface area contributed by atoms with Crippen LogP contribution in [0.15, 0.2) is 27.6 Å². The molecule has 1 atom stereocenters. The zero-order valence-electron chi connectivity index (χ0n) is 15.7. The van der Waals surface area contributed by atoms with Gasteiger partial charge in [0.25, 0.3) is 0 Å². The zero-order chi connectivity index (χ0) is 18.7. The smallest absolute Gasteiger partial charge is 0.324 e. The summed E-state index contributed by atoms with van der Waals surface area (Å²) in [4.78, 5) is 7.20. The summed E-state index contributed by atoms with van der Waals surface area (Å²) in [6.45, 7) is 7.79. The average molecular weight is 380 g/mol. The van der Waals surface area contributed by atoms with Gasteiger partial charge in [0, 0.05) is 23.9 Å². The molecule has 0 amide bonds. The molecular weight excluding hydrogens is 353 g/mol. The van der Waals surface area contributed by atoms with Crippen molar-refractivity contribution in [2.75, 3.05) is 24.2 Å². The fraction of sp³-hybridized carbons (Fsp3) is 0.579. The highest BCUT2D eigenvalue weighted by Crippen LogP contribution is 2.31. The average Bonchev–Trinajstić information content (AvgIpc) is 3.14. The molecule has 1 aromatic heterocycles. The lowest BCUT2D eigenvalue weighted by molar-refractivity contribution is 0.126. The van der Waals surface area contributed by atoms with Crippen LogP contribution in [0.1, 0.15) is 45.4 Å². The Labute approximate surface area is 158 Å². The Morgan fingerprint density at radius 1 is 1.27 bits per heavy atom. The fourth-order valence-corrected chi connectivity index (χ4v) is 3.68. The van der Waals surface area contributed by atoms with Crippen LogP contribution in [0.2, 0.25) is 0 Å². The van der Waals surface area contributed by atoms with Gasteiger partial charge in [-0.05, 0) is 44.1 Å². The molecule has 1 aromatic carbocycles. The summed E-state index contributed by atoms with van der Waals surface area (Å²) in [5, 5.41) is 4.03. The SMILES string of the molecule is CSc1cccc(OC(C)C2CCN(c3nc(C(C)C)no3)CC2)c1F. The molecule has 0 radical (unpaired) electrons. The van der Waals surface area contributed by atoms with Gasteiger partial charge >= 0.3 is 6.01 Å². The molecular formula is C19H26FN3O2S. The molecule has 3 rings (SSSR count). The highest BCUT2D eigenvalue weighted by atomic mass is 32.2. The Morgan fingerprint density at radius 2 is 2.00 bits per heavy atom. The summed E-state index contributed by atoms with van der Waals surface area (Å²) >= 11 is 1.39. The first-order valence-electron chi connectivity index (χ1n) is 9.07. The molecule has 1 aliphatic rings. The van der Waals surface area contributed by atoms with Crippen LogP contribution in [0.25, 0.3) is 0 Å². The molecule has 0 aliphatic carbocycles. The summed E-state index contributed by atoms with van der Waals surface area (Å²) in [6, 6.07) is 5.90. The maximum atomic E-state index is 14.4. The van der Waals surface area contributed by atoms with Gasteiger partial charge in [-0.25, -0.2) is 4.39 Å². The van der Waals surface area contributed by atoms with Crippen molar-refractivity contribution < 1.29 is 13.7 Å². The number of benzene rings is 1. The van der Waals surface area contributed by atoms with Crippen LogP contribution in [-0.2, 0) is 0 Å². The van der Waals surface area contributed by atoms with E-state index in [4.69, 9.17) is 9.26 Å². The maximum absolute atomic E-state index is 14.4. The molecule has 142 valence electrons. The van der Waals surface area contributed by atoms with E-state index in [0.717, 1.165) is 31.8 Å². The first-order chi connectivity index (χ1) is 12.5. The maximum Gasteiger partial charge on any atom is 0.324 e. The first kappa shape index (κ1) is 19.0. The van der Waals surface area contributed by atoms with Crippen molar-refractivity contribution >= 4 is 17.8 Å². The Bertz CT molecular complexity index is 729. The van der Waals surface area contributed by atoms with Gasteiger partial charge < -0.3 is 14.2 Å². The molecule has 0 bridgehead atoms. The van der Waals surface area contributed by atoms with Gasteiger partial charge in [0.05, 0.1) is 6.10 Å². The predicted molar refractivity (Wildman–Crippen MR) is 102 cm³/mol. The van der Waals surface area contributed by atoms with Crippen LogP contribution >= 0.6 is 11.8 Å². The van der Waals surface area contributed by atoms with Gasteiger partial charge in [0.15, 0.2) is 17.4 Å². The highest BCUT2D eigenvalue weighted by Gasteiger charge is 2.28. The third kappa shape index (κ3) is 4.14. The largest absolute Gasteiger partial charge is 0.487 e. The van der Waals surface area contributed by atoms with Gasteiger partial charge in [-0.2, -0.15) is 4.98 Å². The number of ether oxygens (including phenoxy) is 1. The summed E-state index contributed by atoms with van der Waals surface area (Å²) < 4.78 is 25.7. The Hall–Kier alpha value is -1.76. The molecule has 1 fully saturated rings. The molecule has 1 saturated heterocycles. The summed E-state index contributed by atoms with van der Waals surface area (Å²) in [7, 11) is 0. The molecule has 2 heterocycles. The molecule has 0 N–H and O–H groups in total. The quantitative estimate of drug-likeness (QED) is 0.676. The number of aromatic nitrogens is 2. The van der Waals surface area contributed by atoms with Crippen molar-refractivity contribution in [2.45, 2.75) is 50.5 Å². The van der Waals surface area contributed by atoms with E-state index in [9.17, 15) is 4.39 Å². The number of thioether (sulfide) groups is 1. The first-order valence-corrected chi connectivity index (χ1v) is 10.3. The van der Waals surface area contributed by atoms with Crippen molar-refractivity contribution in [1.29, 1.82) is 0 Å². The van der Waals surface area contributed by atoms with Gasteiger partial charge in [-0.1, -0.05) is 25.1 Å². The van der Waals surface area contributed by atoms with Crippen LogP contribution in [0.4, 0.5) is 10.4 Å². The van der Waals surface area contributed by atoms with Crippen LogP contribution < -0.4 is 9.64 Å². The van der Waals surface area contributed by atoms with Gasteiger partial charge in [0.1, 0.15) is 0 Å². The Morgan fingerprint density at radius 3 is 2.62 bits per heavy atom. The summed E-state index contributed by atoms with van der Waals surface area (Å²) in [5.41, 5.74) is 0. The molecule has 2 aromatic rings. The summed E-state index contributed by atoms with van der Waals surface area (Å²) in [5.74, 6) is 1.44. The number of piperidine rings is 1. The van der Waals surface area contributed by atoms with Gasteiger partial charge in [-0.15, -0.1) is 11.8 Å². The number of anilines is 1. The van der Waals surface area contributed by atoms with Gasteiger partial charge in [-0.3, -0.25) is 0 Å². The Kier molecular flexibility index (Phi) is 6.06. The third-order valence-electron chi connectivity index (χ3n) is 4.88. The molecule has 1 unspecified atom stereocenters. The molecule has 26 heavy (non-hydrogen) atoms. The molecule has 5 nitrogen and oxygen atoms in total. The molecule has 0 spiro atoms. The predicted octanol–water partition coefficient (Wildman–Crippen LogP) is 4.74. The van der Waals surface area contributed by atoms with Crippen molar-refractivity contribution in [3.05, 3.63) is 29.8 Å². The topological polar surface area (TPSA) is 51.4 Å². The second-order valence-corrected chi connectivity index (χ2v) is 7.86. The van der Waals surface area contributed by atoms with Gasteiger partial charge in [0.2, 0.25) is 0 Å². The molecule has 1 aliphatic heterocycles. The van der Waals surface area contributed by atoms with Crippen LogP contribution in [0.3, 0.4) is 0 Å². The molecule has 7 heteroatoms. The normalized spacial score (nSPS) is 16.9. The third-order valence-corrected chi connectivity index (χ3v) is 5.64. The van der Waals surface area contributed by atoms with Crippen molar-refractivity contribution in [2.24, 2.45) is 5.92 Å². The number of nitrogens with zero attached hydrogens (tertiary/aromatic N) is 3. The van der Waals surface area contributed by atoms with E-state index in [1.54, 1.807) is 12.1 Å². The van der Waals surface area contributed by atoms with E-state index in [1.807, 2.05) is 33.1 Å². The van der Waals surface area contributed by atoms with Crippen LogP contribution in [-0.4, -0.2) is 35.6 Å². The zero-order valence-corrected chi connectivity index (χ0v) is 16.6. The Balaban J connectivity index is 1.57. The number of hydrogen-bond donors (Lipinski definition) is 0. The number of hydrogen-bond acceptors (Lipinski definition) is 6. The van der Waals surface area contributed by atoms with E-state index in [2.05, 4.69) is 15.0 Å². The van der Waals surface area contributed by atoms with E-state index >= 15 is 0 Å². The van der Waals surface area contributed by atoms with Crippen LogP contribution in [0, 0.1) is 11.7 Å². The van der Waals surface area contributed by atoms with E-state index in [0.29, 0.717) is 22.6 Å². The van der Waals surface area contributed by atoms with E-state index < -0.39 is 0 Å². The second kappa shape index (κ2) is 8.29. The van der Waals surface area contributed by atoms with E-state index in [1.165, 1.54) is 11.8 Å². The minimum Gasteiger partial charge on any atom is -0.487 e. The number of rotatable bonds is 6. The lowest BCUT2D eigenvalue weighted by Crippen LogP contribution is -2.39. The van der Waals surface area contributed by atoms with Crippen molar-refractivity contribution in [1.82, 2.24) is 10.1 Å². The van der Waals surface area contributed by atoms with Crippen molar-refractivity contribution in [3.8, 4) is 5.75 Å². The fourth-order valence-electron chi connectivity index (χ4n) is 3.19. The lowest BCUT2D eigenvalue weighted by atomic mass is 9.92. The summed E-state index contributed by atoms with van der Waals surface area (Å²) in [6.07, 6.45) is 3.72. The standard InChI is InChI=1S/C19H26FN3O2S/c1-12(2)18-21-19(25-22-18)23-10-8-14(9-11-23)13(3)24-15-6-5-7-16(26-4)17(15)20/h5-7,12-14H,8-11H2,1-4H3. The van der Waals surface area contributed by atoms with Crippen LogP contribution in [0.5, 0.6) is 5.75 Å². The molecule has 0 saturated carbocycles. The van der Waals surface area contributed by atoms with E-state index in [-0.39, 0.29) is 17.8 Å². The van der Waals surface area contributed by atoms with Crippen molar-refractivity contribution in [3.63, 3.8) is 0 Å².